The molecule has 1 amide bonds. The van der Waals surface area contributed by atoms with Gasteiger partial charge in [0.25, 0.3) is 5.91 Å². The lowest BCUT2D eigenvalue weighted by Crippen LogP contribution is -2.23. The van der Waals surface area contributed by atoms with Gasteiger partial charge in [-0.1, -0.05) is 36.4 Å². The number of carbonyl (C=O) groups excluding carboxylic acids is 1. The fraction of sp³-hybridized carbons (Fsp3) is 0.158. The summed E-state index contributed by atoms with van der Waals surface area (Å²) in [6, 6.07) is 16.3. The third-order valence-corrected chi connectivity index (χ3v) is 3.59. The Kier molecular flexibility index (Phi) is 6.02. The van der Waals surface area contributed by atoms with Crippen molar-refractivity contribution in [2.75, 3.05) is 19.0 Å². The van der Waals surface area contributed by atoms with Crippen molar-refractivity contribution < 1.29 is 4.79 Å². The Morgan fingerprint density at radius 2 is 1.96 bits per heavy atom. The standard InChI is InChI=1S/C19H18N4O2/c1-23(2)17-9-8-15(18(11-17)22-25)10-16(12-20)19(24)21-13-14-6-4-3-5-7-14/h3-11H,13H2,1-2H3,(H,21,24)/b16-10+. The van der Waals surface area contributed by atoms with Crippen LogP contribution in [0.15, 0.2) is 59.3 Å². The predicted molar refractivity (Wildman–Crippen MR) is 98.1 cm³/mol. The molecule has 0 spiro atoms. The number of nitroso groups, excluding NO2 is 1. The molecule has 0 aliphatic rings. The van der Waals surface area contributed by atoms with Crippen molar-refractivity contribution in [2.24, 2.45) is 5.18 Å². The van der Waals surface area contributed by atoms with Gasteiger partial charge in [-0.25, -0.2) is 0 Å². The van der Waals surface area contributed by atoms with Crippen molar-refractivity contribution in [3.63, 3.8) is 0 Å². The van der Waals surface area contributed by atoms with E-state index in [0.717, 1.165) is 11.3 Å². The van der Waals surface area contributed by atoms with Crippen LogP contribution in [0, 0.1) is 16.2 Å². The summed E-state index contributed by atoms with van der Waals surface area (Å²) in [5.41, 5.74) is 2.25. The van der Waals surface area contributed by atoms with Crippen LogP contribution in [0.4, 0.5) is 11.4 Å². The molecule has 0 heterocycles. The first-order valence-electron chi connectivity index (χ1n) is 7.64. The summed E-state index contributed by atoms with van der Waals surface area (Å²) >= 11 is 0. The number of nitriles is 1. The monoisotopic (exact) mass is 334 g/mol. The molecule has 0 atom stereocenters. The van der Waals surface area contributed by atoms with Gasteiger partial charge in [0, 0.05) is 31.9 Å². The van der Waals surface area contributed by atoms with E-state index in [1.165, 1.54) is 6.08 Å². The summed E-state index contributed by atoms with van der Waals surface area (Å²) in [5, 5.41) is 14.9. The van der Waals surface area contributed by atoms with Gasteiger partial charge in [-0.2, -0.15) is 5.26 Å². The van der Waals surface area contributed by atoms with E-state index in [4.69, 9.17) is 0 Å². The summed E-state index contributed by atoms with van der Waals surface area (Å²) in [4.78, 5) is 25.1. The predicted octanol–water partition coefficient (Wildman–Crippen LogP) is 3.37. The summed E-state index contributed by atoms with van der Waals surface area (Å²) in [7, 11) is 3.69. The van der Waals surface area contributed by atoms with Crippen LogP contribution < -0.4 is 10.2 Å². The number of nitrogens with zero attached hydrogens (tertiary/aromatic N) is 3. The van der Waals surface area contributed by atoms with Gasteiger partial charge in [0.05, 0.1) is 0 Å². The second kappa shape index (κ2) is 8.41. The molecule has 0 bridgehead atoms. The van der Waals surface area contributed by atoms with E-state index >= 15 is 0 Å². The number of hydrogen-bond donors (Lipinski definition) is 1. The molecule has 0 saturated heterocycles. The van der Waals surface area contributed by atoms with Crippen molar-refractivity contribution in [1.29, 1.82) is 5.26 Å². The van der Waals surface area contributed by atoms with Crippen molar-refractivity contribution >= 4 is 23.4 Å². The molecule has 2 aromatic carbocycles. The molecule has 2 aromatic rings. The van der Waals surface area contributed by atoms with Crippen LogP contribution >= 0.6 is 0 Å². The highest BCUT2D eigenvalue weighted by molar-refractivity contribution is 6.02. The molecule has 0 radical (unpaired) electrons. The van der Waals surface area contributed by atoms with Crippen molar-refractivity contribution in [1.82, 2.24) is 5.32 Å². The van der Waals surface area contributed by atoms with Crippen molar-refractivity contribution in [3.05, 3.63) is 70.1 Å². The largest absolute Gasteiger partial charge is 0.378 e. The van der Waals surface area contributed by atoms with Crippen molar-refractivity contribution in [3.8, 4) is 6.07 Å². The van der Waals surface area contributed by atoms with E-state index in [1.54, 1.807) is 18.2 Å². The van der Waals surface area contributed by atoms with Gasteiger partial charge < -0.3 is 10.2 Å². The van der Waals surface area contributed by atoms with Crippen molar-refractivity contribution in [2.45, 2.75) is 6.54 Å². The number of benzene rings is 2. The maximum absolute atomic E-state index is 12.2. The summed E-state index contributed by atoms with van der Waals surface area (Å²) < 4.78 is 0. The Labute approximate surface area is 146 Å². The maximum Gasteiger partial charge on any atom is 0.262 e. The molecule has 0 aromatic heterocycles. The molecule has 6 nitrogen and oxygen atoms in total. The number of anilines is 1. The van der Waals surface area contributed by atoms with Gasteiger partial charge in [0.1, 0.15) is 17.3 Å². The number of carbonyl (C=O) groups is 1. The minimum atomic E-state index is -0.500. The second-order valence-electron chi connectivity index (χ2n) is 5.57. The smallest absolute Gasteiger partial charge is 0.262 e. The molecule has 0 saturated carbocycles. The van der Waals surface area contributed by atoms with Crippen LogP contribution in [0.1, 0.15) is 11.1 Å². The van der Waals surface area contributed by atoms with E-state index < -0.39 is 5.91 Å². The molecule has 2 rings (SSSR count). The molecule has 0 aliphatic heterocycles. The van der Waals surface area contributed by atoms with Crippen LogP contribution in [0.3, 0.4) is 0 Å². The highest BCUT2D eigenvalue weighted by Crippen LogP contribution is 2.27. The number of nitrogens with one attached hydrogen (secondary N) is 1. The van der Waals surface area contributed by atoms with Crippen LogP contribution in [0.5, 0.6) is 0 Å². The van der Waals surface area contributed by atoms with E-state index in [0.29, 0.717) is 12.1 Å². The third-order valence-electron chi connectivity index (χ3n) is 3.59. The zero-order valence-electron chi connectivity index (χ0n) is 14.1. The molecule has 0 aliphatic carbocycles. The van der Waals surface area contributed by atoms with E-state index in [-0.39, 0.29) is 11.3 Å². The Morgan fingerprint density at radius 1 is 1.24 bits per heavy atom. The molecular weight excluding hydrogens is 316 g/mol. The average molecular weight is 334 g/mol. The van der Waals surface area contributed by atoms with E-state index in [2.05, 4.69) is 10.5 Å². The van der Waals surface area contributed by atoms with Crippen LogP contribution in [0.25, 0.3) is 6.08 Å². The van der Waals surface area contributed by atoms with Crippen LogP contribution in [-0.4, -0.2) is 20.0 Å². The van der Waals surface area contributed by atoms with E-state index in [1.807, 2.05) is 55.4 Å². The SMILES string of the molecule is CN(C)c1ccc(/C=C(\C#N)C(=O)NCc2ccccc2)c(N=O)c1. The number of hydrogen-bond acceptors (Lipinski definition) is 5. The highest BCUT2D eigenvalue weighted by Gasteiger charge is 2.11. The molecule has 25 heavy (non-hydrogen) atoms. The lowest BCUT2D eigenvalue weighted by atomic mass is 10.1. The third kappa shape index (κ3) is 4.75. The zero-order chi connectivity index (χ0) is 18.2. The lowest BCUT2D eigenvalue weighted by molar-refractivity contribution is -0.117. The minimum absolute atomic E-state index is 0.0848. The van der Waals surface area contributed by atoms with Gasteiger partial charge in [0.15, 0.2) is 0 Å². The minimum Gasteiger partial charge on any atom is -0.378 e. The Morgan fingerprint density at radius 3 is 2.56 bits per heavy atom. The number of amides is 1. The fourth-order valence-electron chi connectivity index (χ4n) is 2.19. The first kappa shape index (κ1) is 17.9. The molecule has 6 heteroatoms. The Hall–Kier alpha value is -3.46. The van der Waals surface area contributed by atoms with Gasteiger partial charge in [-0.05, 0) is 28.9 Å². The second-order valence-corrected chi connectivity index (χ2v) is 5.57. The lowest BCUT2D eigenvalue weighted by Gasteiger charge is -2.13. The van der Waals surface area contributed by atoms with E-state index in [9.17, 15) is 15.0 Å². The topological polar surface area (TPSA) is 85.6 Å². The Balaban J connectivity index is 2.20. The summed E-state index contributed by atoms with van der Waals surface area (Å²) in [5.74, 6) is -0.500. The first-order valence-corrected chi connectivity index (χ1v) is 7.64. The van der Waals surface area contributed by atoms with Gasteiger partial charge in [0.2, 0.25) is 0 Å². The van der Waals surface area contributed by atoms with Crippen LogP contribution in [0.2, 0.25) is 0 Å². The zero-order valence-corrected chi connectivity index (χ0v) is 14.1. The highest BCUT2D eigenvalue weighted by atomic mass is 16.3. The molecule has 0 fully saturated rings. The van der Waals surface area contributed by atoms with Gasteiger partial charge in [-0.3, -0.25) is 4.79 Å². The van der Waals surface area contributed by atoms with Crippen LogP contribution in [-0.2, 0) is 11.3 Å². The summed E-state index contributed by atoms with van der Waals surface area (Å²) in [6.45, 7) is 0.317. The maximum atomic E-state index is 12.2. The molecular formula is C19H18N4O2. The Bertz CT molecular complexity index is 836. The first-order chi connectivity index (χ1) is 12.0. The quantitative estimate of drug-likeness (QED) is 0.498. The van der Waals surface area contributed by atoms with Gasteiger partial charge >= 0.3 is 0 Å². The molecule has 0 unspecified atom stereocenters. The fourth-order valence-corrected chi connectivity index (χ4v) is 2.19. The summed E-state index contributed by atoms with van der Waals surface area (Å²) in [6.07, 6.45) is 1.37. The molecule has 1 N–H and O–H groups in total. The molecule has 126 valence electrons. The normalized spacial score (nSPS) is 10.7. The van der Waals surface area contributed by atoms with Gasteiger partial charge in [-0.15, -0.1) is 4.91 Å². The number of rotatable bonds is 6. The average Bonchev–Trinajstić information content (AvgIpc) is 2.64.